The van der Waals surface area contributed by atoms with Gasteiger partial charge in [0.05, 0.1) is 7.11 Å². The van der Waals surface area contributed by atoms with Crippen molar-refractivity contribution in [3.05, 3.63) is 29.3 Å². The average molecular weight is 369 g/mol. The van der Waals surface area contributed by atoms with Gasteiger partial charge in [-0.1, -0.05) is 41.0 Å². The molecule has 1 heterocycles. The molecule has 0 spiro atoms. The van der Waals surface area contributed by atoms with Crippen LogP contribution in [0.2, 0.25) is 0 Å². The van der Waals surface area contributed by atoms with Gasteiger partial charge in [-0.25, -0.2) is 0 Å². The lowest BCUT2D eigenvalue weighted by Crippen LogP contribution is -2.52. The molecule has 6 nitrogen and oxygen atoms in total. The number of carbonyl (C=O) groups is 3. The van der Waals surface area contributed by atoms with Crippen molar-refractivity contribution in [2.45, 2.75) is 66.3 Å². The van der Waals surface area contributed by atoms with Crippen LogP contribution in [0.4, 0.5) is 0 Å². The van der Waals surface area contributed by atoms with E-state index in [1.54, 1.807) is 25.3 Å². The van der Waals surface area contributed by atoms with Gasteiger partial charge in [0, 0.05) is 14.8 Å². The number of benzene rings is 1. The Kier molecular flexibility index (Phi) is 11.7. The summed E-state index contributed by atoms with van der Waals surface area (Å²) < 4.78 is 5.14. The summed E-state index contributed by atoms with van der Waals surface area (Å²) in [5.74, 6) is -0.385. The number of piperidine rings is 1. The zero-order valence-electron chi connectivity index (χ0n) is 16.8. The maximum Gasteiger partial charge on any atom is 0.252 e. The Morgan fingerprint density at radius 3 is 2.38 bits per heavy atom. The van der Waals surface area contributed by atoms with Crippen LogP contribution in [0.1, 0.15) is 72.7 Å². The summed E-state index contributed by atoms with van der Waals surface area (Å²) in [5, 5.41) is 4.89. The molecule has 1 aliphatic heterocycles. The van der Waals surface area contributed by atoms with E-state index < -0.39 is 11.9 Å². The number of hydrogen-bond acceptors (Lipinski definition) is 4. The maximum atomic E-state index is 12.3. The lowest BCUT2D eigenvalue weighted by molar-refractivity contribution is -0.134. The summed E-state index contributed by atoms with van der Waals surface area (Å²) in [5.41, 5.74) is 1.36. The van der Waals surface area contributed by atoms with Crippen LogP contribution in [0.15, 0.2) is 18.2 Å². The first-order valence-corrected chi connectivity index (χ1v) is 9.28. The maximum absolute atomic E-state index is 12.3. The highest BCUT2D eigenvalue weighted by Crippen LogP contribution is 2.19. The van der Waals surface area contributed by atoms with Crippen molar-refractivity contribution in [1.82, 2.24) is 10.6 Å². The van der Waals surface area contributed by atoms with Crippen molar-refractivity contribution >= 4 is 17.7 Å². The van der Waals surface area contributed by atoms with Gasteiger partial charge >= 0.3 is 0 Å². The van der Waals surface area contributed by atoms with Gasteiger partial charge in [0.25, 0.3) is 5.91 Å². The minimum atomic E-state index is -0.665. The molecule has 0 bridgehead atoms. The van der Waals surface area contributed by atoms with Gasteiger partial charge in [0.1, 0.15) is 11.8 Å². The highest BCUT2D eigenvalue weighted by atomic mass is 16.5. The quantitative estimate of drug-likeness (QED) is 0.793. The summed E-state index contributed by atoms with van der Waals surface area (Å²) >= 11 is 0. The predicted octanol–water partition coefficient (Wildman–Crippen LogP) is 3.73. The Hall–Kier alpha value is -2.37. The summed E-state index contributed by atoms with van der Waals surface area (Å²) in [6.45, 7) is 10.2. The topological polar surface area (TPSA) is 84.5 Å². The molecule has 0 aliphatic carbocycles. The molecule has 3 amide bonds. The smallest absolute Gasteiger partial charge is 0.252 e. The molecular formula is C20H36N2O4. The zero-order chi connectivity index (χ0) is 20.1. The molecule has 1 aromatic rings. The minimum Gasteiger partial charge on any atom is -0.497 e. The Labute approximate surface area is 159 Å². The van der Waals surface area contributed by atoms with Gasteiger partial charge in [-0.2, -0.15) is 0 Å². The second-order valence-electron chi connectivity index (χ2n) is 5.56. The van der Waals surface area contributed by atoms with Crippen LogP contribution in [0.3, 0.4) is 0 Å². The van der Waals surface area contributed by atoms with E-state index in [9.17, 15) is 14.4 Å². The third kappa shape index (κ3) is 7.25. The number of amides is 3. The highest BCUT2D eigenvalue weighted by molar-refractivity contribution is 6.04. The molecule has 0 radical (unpaired) electrons. The highest BCUT2D eigenvalue weighted by Gasteiger charge is 2.28. The summed E-state index contributed by atoms with van der Waals surface area (Å²) in [6.07, 6.45) is 2.49. The normalized spacial score (nSPS) is 15.5. The molecule has 1 aliphatic rings. The molecule has 0 saturated carbocycles. The molecular weight excluding hydrogens is 332 g/mol. The summed E-state index contributed by atoms with van der Waals surface area (Å²) in [4.78, 5) is 35.0. The van der Waals surface area contributed by atoms with Crippen molar-refractivity contribution < 1.29 is 22.0 Å². The van der Waals surface area contributed by atoms with Crippen molar-refractivity contribution in [3.8, 4) is 5.75 Å². The number of carbonyl (C=O) groups excluding carboxylic acids is 3. The number of nitrogens with one attached hydrogen (secondary N) is 2. The second kappa shape index (κ2) is 12.9. The van der Waals surface area contributed by atoms with E-state index in [0.717, 1.165) is 5.56 Å². The molecule has 150 valence electrons. The van der Waals surface area contributed by atoms with Crippen LogP contribution < -0.4 is 15.4 Å². The lowest BCUT2D eigenvalue weighted by atomic mass is 10.0. The summed E-state index contributed by atoms with van der Waals surface area (Å²) in [7, 11) is 1.57. The molecule has 2 N–H and O–H groups in total. The molecule has 1 aromatic carbocycles. The van der Waals surface area contributed by atoms with E-state index in [-0.39, 0.29) is 21.1 Å². The number of ether oxygens (including phenoxy) is 1. The zero-order valence-corrected chi connectivity index (χ0v) is 16.8. The average Bonchev–Trinajstić information content (AvgIpc) is 2.65. The molecule has 1 unspecified atom stereocenters. The van der Waals surface area contributed by atoms with Crippen LogP contribution in [0, 0.1) is 0 Å². The van der Waals surface area contributed by atoms with Gasteiger partial charge in [-0.05, 0) is 36.6 Å². The van der Waals surface area contributed by atoms with Crippen molar-refractivity contribution in [2.24, 2.45) is 0 Å². The molecule has 1 fully saturated rings. The van der Waals surface area contributed by atoms with Crippen molar-refractivity contribution in [2.75, 3.05) is 7.11 Å². The lowest BCUT2D eigenvalue weighted by Gasteiger charge is -2.22. The first kappa shape index (κ1) is 23.6. The van der Waals surface area contributed by atoms with Gasteiger partial charge in [0.2, 0.25) is 11.8 Å². The monoisotopic (exact) mass is 368 g/mol. The number of aryl methyl sites for hydroxylation is 1. The standard InChI is InChI=1S/C15H18N2O4.C3H8.C2H6.2H2/c1-3-9-8-10(21-2)4-5-11(9)14(19)16-12-6-7-13(18)17-15(12)20;1-3-2;1-2;;/h4-5,8,12H,3,6-7H2,1-2H3,(H,16,19)(H,17,18,20);3H2,1-2H3;1-2H3;2*1H. The minimum absolute atomic E-state index is 0. The second-order valence-corrected chi connectivity index (χ2v) is 5.56. The van der Waals surface area contributed by atoms with E-state index in [0.29, 0.717) is 24.2 Å². The van der Waals surface area contributed by atoms with E-state index in [4.69, 9.17) is 4.74 Å². The van der Waals surface area contributed by atoms with Crippen LogP contribution in [0.5, 0.6) is 5.75 Å². The fourth-order valence-corrected chi connectivity index (χ4v) is 2.28. The van der Waals surface area contributed by atoms with Gasteiger partial charge < -0.3 is 10.1 Å². The van der Waals surface area contributed by atoms with Gasteiger partial charge in [-0.3, -0.25) is 19.7 Å². The van der Waals surface area contributed by atoms with E-state index in [1.165, 1.54) is 6.42 Å². The molecule has 6 heteroatoms. The Morgan fingerprint density at radius 1 is 1.27 bits per heavy atom. The van der Waals surface area contributed by atoms with Gasteiger partial charge in [-0.15, -0.1) is 0 Å². The summed E-state index contributed by atoms with van der Waals surface area (Å²) in [6, 6.07) is 4.53. The van der Waals surface area contributed by atoms with Crippen LogP contribution >= 0.6 is 0 Å². The fourth-order valence-electron chi connectivity index (χ4n) is 2.28. The molecule has 26 heavy (non-hydrogen) atoms. The fraction of sp³-hybridized carbons (Fsp3) is 0.550. The largest absolute Gasteiger partial charge is 0.497 e. The molecule has 1 atom stereocenters. The number of rotatable bonds is 4. The third-order valence-electron chi connectivity index (χ3n) is 3.48. The Bertz CT molecular complexity index is 610. The third-order valence-corrected chi connectivity index (χ3v) is 3.48. The number of hydrogen-bond donors (Lipinski definition) is 2. The molecule has 0 aromatic heterocycles. The SMILES string of the molecule is CC.CCC.CCc1cc(OC)ccc1C(=O)NC1CCC(=O)NC1=O.[HH].[HH]. The van der Waals surface area contributed by atoms with E-state index >= 15 is 0 Å². The Morgan fingerprint density at radius 2 is 1.88 bits per heavy atom. The first-order valence-electron chi connectivity index (χ1n) is 9.28. The first-order chi connectivity index (χ1) is 12.5. The molecule has 2 rings (SSSR count). The van der Waals surface area contributed by atoms with Crippen molar-refractivity contribution in [3.63, 3.8) is 0 Å². The molecule has 1 saturated heterocycles. The van der Waals surface area contributed by atoms with Crippen LogP contribution in [0.25, 0.3) is 0 Å². The van der Waals surface area contributed by atoms with Gasteiger partial charge in [0.15, 0.2) is 0 Å². The van der Waals surface area contributed by atoms with E-state index in [1.807, 2.05) is 20.8 Å². The van der Waals surface area contributed by atoms with Crippen LogP contribution in [-0.2, 0) is 16.0 Å². The number of methoxy groups -OCH3 is 1. The number of imide groups is 1. The van der Waals surface area contributed by atoms with Crippen molar-refractivity contribution in [1.29, 1.82) is 0 Å². The van der Waals surface area contributed by atoms with Crippen LogP contribution in [-0.4, -0.2) is 30.9 Å². The Balaban J connectivity index is -0.000000815. The predicted molar refractivity (Wildman–Crippen MR) is 108 cm³/mol. The van der Waals surface area contributed by atoms with E-state index in [2.05, 4.69) is 24.5 Å².